The van der Waals surface area contributed by atoms with Crippen molar-refractivity contribution in [2.45, 2.75) is 58.3 Å². The maximum absolute atomic E-state index is 14.5. The first kappa shape index (κ1) is 21.5. The maximum Gasteiger partial charge on any atom is 0.200 e. The summed E-state index contributed by atoms with van der Waals surface area (Å²) in [5, 5.41) is 0. The third-order valence-corrected chi connectivity index (χ3v) is 5.92. The second-order valence-corrected chi connectivity index (χ2v) is 7.82. The van der Waals surface area contributed by atoms with Crippen molar-refractivity contribution in [2.75, 3.05) is 6.61 Å². The van der Waals surface area contributed by atoms with Crippen molar-refractivity contribution in [3.63, 3.8) is 0 Å². The van der Waals surface area contributed by atoms with Crippen LogP contribution in [-0.2, 0) is 6.42 Å². The highest BCUT2D eigenvalue weighted by Gasteiger charge is 2.26. The molecule has 0 unspecified atom stereocenters. The van der Waals surface area contributed by atoms with Crippen LogP contribution in [0.1, 0.15) is 68.6 Å². The topological polar surface area (TPSA) is 9.23 Å². The Morgan fingerprint density at radius 3 is 2.41 bits per heavy atom. The lowest BCUT2D eigenvalue weighted by molar-refractivity contribution is 0.296. The van der Waals surface area contributed by atoms with E-state index < -0.39 is 11.6 Å². The van der Waals surface area contributed by atoms with E-state index >= 15 is 0 Å². The maximum atomic E-state index is 14.5. The molecule has 0 aromatic heterocycles. The molecule has 0 radical (unpaired) electrons. The highest BCUT2D eigenvalue weighted by atomic mass is 19.2. The highest BCUT2D eigenvalue weighted by Crippen LogP contribution is 2.40. The number of benzene rings is 2. The number of allylic oxidation sites excluding steroid dienone is 1. The molecule has 0 amide bonds. The third-order valence-electron chi connectivity index (χ3n) is 5.92. The SMILES string of the molecule is C/C=C/c1ccc(CCC2CCC(c3ccc(OCC)c(F)c3F)CC2)c(F)c1. The quantitative estimate of drug-likeness (QED) is 0.467. The highest BCUT2D eigenvalue weighted by molar-refractivity contribution is 5.49. The van der Waals surface area contributed by atoms with Crippen LogP contribution in [0.4, 0.5) is 13.2 Å². The van der Waals surface area contributed by atoms with Gasteiger partial charge in [0, 0.05) is 0 Å². The van der Waals surface area contributed by atoms with Gasteiger partial charge in [0.1, 0.15) is 5.82 Å². The molecule has 1 nitrogen and oxygen atoms in total. The first-order valence-electron chi connectivity index (χ1n) is 10.5. The molecule has 4 heteroatoms. The molecule has 0 bridgehead atoms. The predicted molar refractivity (Wildman–Crippen MR) is 112 cm³/mol. The summed E-state index contributed by atoms with van der Waals surface area (Å²) in [7, 11) is 0. The number of rotatable bonds is 7. The van der Waals surface area contributed by atoms with Crippen LogP contribution in [0.2, 0.25) is 0 Å². The lowest BCUT2D eigenvalue weighted by atomic mass is 9.76. The molecule has 0 heterocycles. The van der Waals surface area contributed by atoms with Crippen LogP contribution >= 0.6 is 0 Å². The Morgan fingerprint density at radius 2 is 1.76 bits per heavy atom. The average molecular weight is 403 g/mol. The lowest BCUT2D eigenvalue weighted by Gasteiger charge is -2.29. The standard InChI is InChI=1S/C25H29F3O/c1-3-5-18-9-13-20(22(26)16-18)12-8-17-6-10-19(11-7-17)21-14-15-23(29-4-2)25(28)24(21)27/h3,5,9,13-17,19H,4,6-8,10-12H2,1-2H3/b5-3+. The molecule has 1 fully saturated rings. The predicted octanol–water partition coefficient (Wildman–Crippen LogP) is 7.44. The number of halogens is 3. The molecule has 1 saturated carbocycles. The molecule has 0 N–H and O–H groups in total. The van der Waals surface area contributed by atoms with Crippen LogP contribution in [0.15, 0.2) is 36.4 Å². The normalized spacial score (nSPS) is 19.6. The Hall–Kier alpha value is -2.23. The van der Waals surface area contributed by atoms with Gasteiger partial charge in [-0.1, -0.05) is 30.4 Å². The molecule has 0 spiro atoms. The van der Waals surface area contributed by atoms with Crippen molar-refractivity contribution in [1.82, 2.24) is 0 Å². The second kappa shape index (κ2) is 10.00. The van der Waals surface area contributed by atoms with Gasteiger partial charge in [0.25, 0.3) is 0 Å². The molecule has 0 saturated heterocycles. The summed E-state index contributed by atoms with van der Waals surface area (Å²) in [5.41, 5.74) is 2.08. The zero-order chi connectivity index (χ0) is 20.8. The minimum absolute atomic E-state index is 0.0232. The molecule has 1 aliphatic rings. The summed E-state index contributed by atoms with van der Waals surface area (Å²) in [6, 6.07) is 8.59. The van der Waals surface area contributed by atoms with Crippen LogP contribution < -0.4 is 4.74 Å². The Balaban J connectivity index is 1.55. The van der Waals surface area contributed by atoms with Gasteiger partial charge >= 0.3 is 0 Å². The van der Waals surface area contributed by atoms with Crippen molar-refractivity contribution in [3.05, 3.63) is 70.5 Å². The van der Waals surface area contributed by atoms with E-state index in [1.54, 1.807) is 19.1 Å². The van der Waals surface area contributed by atoms with Crippen LogP contribution in [0.25, 0.3) is 6.08 Å². The van der Waals surface area contributed by atoms with Gasteiger partial charge in [-0.3, -0.25) is 0 Å². The van der Waals surface area contributed by atoms with Crippen LogP contribution in [0.5, 0.6) is 5.75 Å². The van der Waals surface area contributed by atoms with E-state index in [0.717, 1.165) is 43.2 Å². The summed E-state index contributed by atoms with van der Waals surface area (Å²) in [5.74, 6) is -1.30. The van der Waals surface area contributed by atoms with E-state index in [1.165, 1.54) is 6.07 Å². The Kier molecular flexibility index (Phi) is 7.40. The summed E-state index contributed by atoms with van der Waals surface area (Å²) in [4.78, 5) is 0. The van der Waals surface area contributed by atoms with Crippen molar-refractivity contribution in [2.24, 2.45) is 5.92 Å². The summed E-state index contributed by atoms with van der Waals surface area (Å²) in [6.45, 7) is 3.96. The Labute approximate surface area is 171 Å². The molecule has 2 aromatic rings. The van der Waals surface area contributed by atoms with E-state index in [9.17, 15) is 13.2 Å². The van der Waals surface area contributed by atoms with Gasteiger partial charge in [0.15, 0.2) is 11.6 Å². The molecule has 1 aliphatic carbocycles. The van der Waals surface area contributed by atoms with Gasteiger partial charge in [-0.15, -0.1) is 0 Å². The zero-order valence-electron chi connectivity index (χ0n) is 17.2. The van der Waals surface area contributed by atoms with Crippen molar-refractivity contribution in [1.29, 1.82) is 0 Å². The van der Waals surface area contributed by atoms with Gasteiger partial charge in [-0.25, -0.2) is 8.78 Å². The van der Waals surface area contributed by atoms with Gasteiger partial charge in [-0.2, -0.15) is 4.39 Å². The summed E-state index contributed by atoms with van der Waals surface area (Å²) >= 11 is 0. The number of aryl methyl sites for hydroxylation is 1. The lowest BCUT2D eigenvalue weighted by Crippen LogP contribution is -2.16. The number of ether oxygens (including phenoxy) is 1. The first-order chi connectivity index (χ1) is 14.0. The van der Waals surface area contributed by atoms with Crippen molar-refractivity contribution in [3.8, 4) is 5.75 Å². The van der Waals surface area contributed by atoms with Crippen LogP contribution in [0, 0.1) is 23.4 Å². The first-order valence-corrected chi connectivity index (χ1v) is 10.5. The molecular formula is C25H29F3O. The fraction of sp³-hybridized carbons (Fsp3) is 0.440. The van der Waals surface area contributed by atoms with E-state index in [0.29, 0.717) is 24.5 Å². The fourth-order valence-electron chi connectivity index (χ4n) is 4.31. The van der Waals surface area contributed by atoms with Crippen molar-refractivity contribution >= 4 is 6.08 Å². The Morgan fingerprint density at radius 1 is 1.00 bits per heavy atom. The molecular weight excluding hydrogens is 373 g/mol. The zero-order valence-corrected chi connectivity index (χ0v) is 17.2. The Bertz CT molecular complexity index is 851. The number of hydrogen-bond donors (Lipinski definition) is 0. The second-order valence-electron chi connectivity index (χ2n) is 7.82. The molecule has 29 heavy (non-hydrogen) atoms. The van der Waals surface area contributed by atoms with Gasteiger partial charge in [0.05, 0.1) is 6.61 Å². The van der Waals surface area contributed by atoms with E-state index in [4.69, 9.17) is 4.74 Å². The van der Waals surface area contributed by atoms with E-state index in [2.05, 4.69) is 0 Å². The summed E-state index contributed by atoms with van der Waals surface area (Å²) < 4.78 is 48.0. The molecule has 2 aromatic carbocycles. The number of hydrogen-bond acceptors (Lipinski definition) is 1. The van der Waals surface area contributed by atoms with E-state index in [-0.39, 0.29) is 17.5 Å². The molecule has 156 valence electrons. The average Bonchev–Trinajstić information content (AvgIpc) is 2.72. The largest absolute Gasteiger partial charge is 0.491 e. The fourth-order valence-corrected chi connectivity index (χ4v) is 4.31. The smallest absolute Gasteiger partial charge is 0.200 e. The molecule has 0 aliphatic heterocycles. The van der Waals surface area contributed by atoms with Crippen LogP contribution in [-0.4, -0.2) is 6.61 Å². The third kappa shape index (κ3) is 5.23. The molecule has 0 atom stereocenters. The summed E-state index contributed by atoms with van der Waals surface area (Å²) in [6.07, 6.45) is 8.99. The van der Waals surface area contributed by atoms with Gasteiger partial charge in [-0.05, 0) is 93.0 Å². The van der Waals surface area contributed by atoms with Crippen molar-refractivity contribution < 1.29 is 17.9 Å². The van der Waals surface area contributed by atoms with Gasteiger partial charge in [0.2, 0.25) is 5.82 Å². The van der Waals surface area contributed by atoms with Gasteiger partial charge < -0.3 is 4.74 Å². The minimum atomic E-state index is -0.886. The van der Waals surface area contributed by atoms with E-state index in [1.807, 2.05) is 31.2 Å². The molecule has 3 rings (SSSR count). The minimum Gasteiger partial charge on any atom is -0.491 e. The van der Waals surface area contributed by atoms with Crippen LogP contribution in [0.3, 0.4) is 0 Å². The monoisotopic (exact) mass is 402 g/mol.